The van der Waals surface area contributed by atoms with Crippen molar-refractivity contribution < 1.29 is 14.7 Å². The molecule has 1 aromatic carbocycles. The Morgan fingerprint density at radius 1 is 1.24 bits per heavy atom. The molecule has 2 N–H and O–H groups in total. The lowest BCUT2D eigenvalue weighted by atomic mass is 10.1. The van der Waals surface area contributed by atoms with Gasteiger partial charge in [-0.2, -0.15) is 0 Å². The summed E-state index contributed by atoms with van der Waals surface area (Å²) >= 11 is 12.0. The van der Waals surface area contributed by atoms with Crippen LogP contribution in [0.1, 0.15) is 12.0 Å². The van der Waals surface area contributed by atoms with E-state index in [4.69, 9.17) is 28.3 Å². The molecule has 0 radical (unpaired) electrons. The van der Waals surface area contributed by atoms with E-state index in [2.05, 4.69) is 5.32 Å². The molecule has 2 rings (SSSR count). The molecule has 21 heavy (non-hydrogen) atoms. The number of nitrogens with one attached hydrogen (secondary N) is 1. The molecular weight excluding hydrogens is 313 g/mol. The predicted molar refractivity (Wildman–Crippen MR) is 82.3 cm³/mol. The zero-order valence-electron chi connectivity index (χ0n) is 10.9. The second-order valence-corrected chi connectivity index (χ2v) is 5.46. The molecule has 1 aromatic rings. The first-order valence-corrected chi connectivity index (χ1v) is 7.06. The first kappa shape index (κ1) is 15.6. The van der Waals surface area contributed by atoms with Crippen molar-refractivity contribution >= 4 is 41.2 Å². The summed E-state index contributed by atoms with van der Waals surface area (Å²) in [5, 5.41) is 12.5. The van der Waals surface area contributed by atoms with Gasteiger partial charge in [0.2, 0.25) is 5.91 Å². The minimum absolute atomic E-state index is 0.273. The quantitative estimate of drug-likeness (QED) is 0.660. The lowest BCUT2D eigenvalue weighted by Gasteiger charge is -2.10. The molecule has 0 heterocycles. The van der Waals surface area contributed by atoms with Crippen molar-refractivity contribution in [3.05, 3.63) is 52.0 Å². The molecule has 0 aliphatic heterocycles. The topological polar surface area (TPSA) is 66.4 Å². The summed E-state index contributed by atoms with van der Waals surface area (Å²) in [5.74, 6) is -1.76. The third-order valence-electron chi connectivity index (χ3n) is 3.13. The van der Waals surface area contributed by atoms with Gasteiger partial charge in [-0.3, -0.25) is 9.59 Å². The molecule has 1 aliphatic rings. The highest BCUT2D eigenvalue weighted by atomic mass is 35.5. The first-order valence-electron chi connectivity index (χ1n) is 6.31. The standard InChI is InChI=1S/C15H13Cl2NO3/c16-12-2-1-3-13(17)11(12)6-7-14(19)18-10-5-4-9(8-10)15(20)21/h1-7,9-10H,8H2,(H,18,19)(H,20,21). The van der Waals surface area contributed by atoms with E-state index in [1.807, 2.05) is 0 Å². The van der Waals surface area contributed by atoms with Crippen LogP contribution in [0.2, 0.25) is 10.0 Å². The van der Waals surface area contributed by atoms with E-state index in [0.717, 1.165) is 0 Å². The molecule has 0 saturated heterocycles. The molecular formula is C15H13Cl2NO3. The fraction of sp³-hybridized carbons (Fsp3) is 0.200. The monoisotopic (exact) mass is 325 g/mol. The Bertz CT molecular complexity index is 605. The molecule has 0 aromatic heterocycles. The highest BCUT2D eigenvalue weighted by Crippen LogP contribution is 2.25. The van der Waals surface area contributed by atoms with Crippen LogP contribution in [-0.2, 0) is 9.59 Å². The maximum absolute atomic E-state index is 11.8. The predicted octanol–water partition coefficient (Wildman–Crippen LogP) is 3.15. The zero-order chi connectivity index (χ0) is 15.4. The summed E-state index contributed by atoms with van der Waals surface area (Å²) in [6, 6.07) is 4.81. The van der Waals surface area contributed by atoms with E-state index < -0.39 is 11.9 Å². The highest BCUT2D eigenvalue weighted by molar-refractivity contribution is 6.37. The Kier molecular flexibility index (Phi) is 5.04. The molecule has 0 fully saturated rings. The van der Waals surface area contributed by atoms with E-state index in [0.29, 0.717) is 22.0 Å². The van der Waals surface area contributed by atoms with Crippen LogP contribution >= 0.6 is 23.2 Å². The van der Waals surface area contributed by atoms with E-state index in [1.54, 1.807) is 30.4 Å². The number of carboxylic acid groups (broad SMARTS) is 1. The van der Waals surface area contributed by atoms with Crippen LogP contribution in [0.4, 0.5) is 0 Å². The molecule has 1 aliphatic carbocycles. The summed E-state index contributed by atoms with van der Waals surface area (Å²) in [4.78, 5) is 22.6. The van der Waals surface area contributed by atoms with Gasteiger partial charge in [0.15, 0.2) is 0 Å². The van der Waals surface area contributed by atoms with Crippen molar-refractivity contribution in [1.29, 1.82) is 0 Å². The number of amides is 1. The van der Waals surface area contributed by atoms with Gasteiger partial charge in [0, 0.05) is 27.7 Å². The van der Waals surface area contributed by atoms with Crippen molar-refractivity contribution in [2.24, 2.45) is 5.92 Å². The zero-order valence-corrected chi connectivity index (χ0v) is 12.4. The van der Waals surface area contributed by atoms with Crippen molar-refractivity contribution in [2.75, 3.05) is 0 Å². The van der Waals surface area contributed by atoms with Crippen LogP contribution in [0, 0.1) is 5.92 Å². The van der Waals surface area contributed by atoms with E-state index in [9.17, 15) is 9.59 Å². The molecule has 4 nitrogen and oxygen atoms in total. The Morgan fingerprint density at radius 3 is 2.48 bits per heavy atom. The number of benzene rings is 1. The van der Waals surface area contributed by atoms with Crippen LogP contribution in [0.5, 0.6) is 0 Å². The Balaban J connectivity index is 1.95. The van der Waals surface area contributed by atoms with E-state index in [1.165, 1.54) is 12.2 Å². The van der Waals surface area contributed by atoms with Crippen LogP contribution < -0.4 is 5.32 Å². The average Bonchev–Trinajstić information content (AvgIpc) is 2.87. The van der Waals surface area contributed by atoms with Gasteiger partial charge in [0.25, 0.3) is 0 Å². The van der Waals surface area contributed by atoms with Crippen molar-refractivity contribution in [3.8, 4) is 0 Å². The summed E-state index contributed by atoms with van der Waals surface area (Å²) in [6.07, 6.45) is 6.50. The summed E-state index contributed by atoms with van der Waals surface area (Å²) < 4.78 is 0. The number of carbonyl (C=O) groups excluding carboxylic acids is 1. The molecule has 1 amide bonds. The van der Waals surface area contributed by atoms with Crippen LogP contribution in [0.3, 0.4) is 0 Å². The third-order valence-corrected chi connectivity index (χ3v) is 3.79. The van der Waals surface area contributed by atoms with Crippen LogP contribution in [0.15, 0.2) is 36.4 Å². The fourth-order valence-electron chi connectivity index (χ4n) is 2.05. The normalized spacial score (nSPS) is 20.9. The highest BCUT2D eigenvalue weighted by Gasteiger charge is 2.24. The SMILES string of the molecule is O=C(C=Cc1c(Cl)cccc1Cl)NC1C=CC(C(=O)O)C1. The number of hydrogen-bond donors (Lipinski definition) is 2. The van der Waals surface area contributed by atoms with Gasteiger partial charge >= 0.3 is 5.97 Å². The van der Waals surface area contributed by atoms with Crippen molar-refractivity contribution in [2.45, 2.75) is 12.5 Å². The van der Waals surface area contributed by atoms with Crippen LogP contribution in [-0.4, -0.2) is 23.0 Å². The minimum Gasteiger partial charge on any atom is -0.481 e. The number of carbonyl (C=O) groups is 2. The smallest absolute Gasteiger partial charge is 0.310 e. The lowest BCUT2D eigenvalue weighted by Crippen LogP contribution is -2.31. The van der Waals surface area contributed by atoms with Gasteiger partial charge in [-0.05, 0) is 24.6 Å². The van der Waals surface area contributed by atoms with Gasteiger partial charge < -0.3 is 10.4 Å². The number of halogens is 2. The summed E-state index contributed by atoms with van der Waals surface area (Å²) in [7, 11) is 0. The second-order valence-electron chi connectivity index (χ2n) is 4.65. The maximum atomic E-state index is 11.8. The molecule has 110 valence electrons. The molecule has 0 spiro atoms. The van der Waals surface area contributed by atoms with Gasteiger partial charge in [-0.15, -0.1) is 0 Å². The molecule has 2 unspecified atom stereocenters. The number of carboxylic acids is 1. The summed E-state index contributed by atoms with van der Waals surface area (Å²) in [6.45, 7) is 0. The van der Waals surface area contributed by atoms with Crippen molar-refractivity contribution in [1.82, 2.24) is 5.32 Å². The van der Waals surface area contributed by atoms with Crippen molar-refractivity contribution in [3.63, 3.8) is 0 Å². The third kappa shape index (κ3) is 4.09. The molecule has 0 bridgehead atoms. The minimum atomic E-state index is -0.888. The molecule has 6 heteroatoms. The first-order chi connectivity index (χ1) is 9.97. The molecule has 0 saturated carbocycles. The van der Waals surface area contributed by atoms with Gasteiger partial charge in [0.1, 0.15) is 0 Å². The second kappa shape index (κ2) is 6.78. The number of rotatable bonds is 4. The fourth-order valence-corrected chi connectivity index (χ4v) is 2.57. The number of hydrogen-bond acceptors (Lipinski definition) is 2. The summed E-state index contributed by atoms with van der Waals surface area (Å²) in [5.41, 5.74) is 0.571. The van der Waals surface area contributed by atoms with Gasteiger partial charge in [0.05, 0.1) is 5.92 Å². The molecule has 2 atom stereocenters. The van der Waals surface area contributed by atoms with Gasteiger partial charge in [-0.25, -0.2) is 0 Å². The van der Waals surface area contributed by atoms with Crippen LogP contribution in [0.25, 0.3) is 6.08 Å². The Hall–Kier alpha value is -1.78. The lowest BCUT2D eigenvalue weighted by molar-refractivity contribution is -0.140. The maximum Gasteiger partial charge on any atom is 0.310 e. The Labute approximate surface area is 132 Å². The van der Waals surface area contributed by atoms with E-state index in [-0.39, 0.29) is 11.9 Å². The largest absolute Gasteiger partial charge is 0.481 e. The van der Waals surface area contributed by atoms with Gasteiger partial charge in [-0.1, -0.05) is 41.4 Å². The Morgan fingerprint density at radius 2 is 1.90 bits per heavy atom. The van der Waals surface area contributed by atoms with E-state index >= 15 is 0 Å². The average molecular weight is 326 g/mol. The number of aliphatic carboxylic acids is 1.